The zero-order valence-electron chi connectivity index (χ0n) is 8.60. The molecule has 0 aromatic rings. The highest BCUT2D eigenvalue weighted by atomic mass is 16.4. The van der Waals surface area contributed by atoms with Crippen LogP contribution in [-0.2, 0) is 4.79 Å². The Balaban J connectivity index is 2.87. The van der Waals surface area contributed by atoms with Crippen LogP contribution in [0.25, 0.3) is 0 Å². The number of aliphatic hydroxyl groups is 4. The van der Waals surface area contributed by atoms with E-state index in [2.05, 4.69) is 4.99 Å². The monoisotopic (exact) mass is 229 g/mol. The highest BCUT2D eigenvalue weighted by molar-refractivity contribution is 5.68. The van der Waals surface area contributed by atoms with Crippen molar-refractivity contribution in [3.63, 3.8) is 0 Å². The quantitative estimate of drug-likeness (QED) is 0.417. The lowest BCUT2D eigenvalue weighted by Crippen LogP contribution is -2.56. The molecule has 0 aliphatic carbocycles. The van der Waals surface area contributed by atoms with E-state index in [0.29, 0.717) is 0 Å². The van der Waals surface area contributed by atoms with Crippen molar-refractivity contribution in [3.8, 4) is 0 Å². The van der Waals surface area contributed by atoms with Gasteiger partial charge in [-0.2, -0.15) is 0 Å². The average molecular weight is 229 g/mol. The Morgan fingerprint density at radius 3 is 2.69 bits per heavy atom. The summed E-state index contributed by atoms with van der Waals surface area (Å²) in [6, 6.07) is 0. The summed E-state index contributed by atoms with van der Waals surface area (Å²) >= 11 is 0. The zero-order chi connectivity index (χ0) is 12.2. The Hall–Kier alpha value is -1.08. The van der Waals surface area contributed by atoms with Crippen molar-refractivity contribution in [1.29, 1.82) is 0 Å². The van der Waals surface area contributed by atoms with Gasteiger partial charge in [-0.15, -0.1) is 0 Å². The summed E-state index contributed by atoms with van der Waals surface area (Å²) in [6.45, 7) is -0.734. The first-order valence-corrected chi connectivity index (χ1v) is 4.90. The Morgan fingerprint density at radius 1 is 1.56 bits per heavy atom. The van der Waals surface area contributed by atoms with Gasteiger partial charge in [-0.05, 0) is 6.42 Å². The van der Waals surface area contributed by atoms with Gasteiger partial charge in [-0.25, -0.2) is 0 Å². The lowest BCUT2D eigenvalue weighted by atomic mass is 9.79. The maximum Gasteiger partial charge on any atom is 0.154 e. The first-order chi connectivity index (χ1) is 7.56. The number of hydrogen-bond donors (Lipinski definition) is 4. The SMILES string of the molecule is O=C[C@@](O)(C1C=CN=CC1)[C@H](O)[C@H](O)CO. The van der Waals surface area contributed by atoms with Gasteiger partial charge in [-0.3, -0.25) is 4.99 Å². The predicted octanol–water partition coefficient (Wildman–Crippen LogP) is -1.77. The molecular formula is C10H15NO5. The first-order valence-electron chi connectivity index (χ1n) is 4.90. The largest absolute Gasteiger partial charge is 0.394 e. The summed E-state index contributed by atoms with van der Waals surface area (Å²) in [5.74, 6) is -0.668. The molecule has 0 radical (unpaired) electrons. The van der Waals surface area contributed by atoms with Crippen LogP contribution in [0, 0.1) is 5.92 Å². The van der Waals surface area contributed by atoms with Crippen LogP contribution in [0.15, 0.2) is 17.3 Å². The third-order valence-electron chi connectivity index (χ3n) is 2.68. The highest BCUT2D eigenvalue weighted by Crippen LogP contribution is 2.27. The molecule has 4 N–H and O–H groups in total. The Labute approximate surface area is 92.6 Å². The molecule has 6 nitrogen and oxygen atoms in total. The van der Waals surface area contributed by atoms with Gasteiger partial charge >= 0.3 is 0 Å². The summed E-state index contributed by atoms with van der Waals surface area (Å²) in [5.41, 5.74) is -2.12. The van der Waals surface area contributed by atoms with E-state index in [-0.39, 0.29) is 12.7 Å². The average Bonchev–Trinajstić information content (AvgIpc) is 2.37. The van der Waals surface area contributed by atoms with Crippen LogP contribution < -0.4 is 0 Å². The minimum Gasteiger partial charge on any atom is -0.394 e. The van der Waals surface area contributed by atoms with Gasteiger partial charge in [-0.1, -0.05) is 6.08 Å². The van der Waals surface area contributed by atoms with Gasteiger partial charge in [0.25, 0.3) is 0 Å². The second kappa shape index (κ2) is 5.31. The first kappa shape index (κ1) is 13.0. The van der Waals surface area contributed by atoms with Crippen LogP contribution in [-0.4, -0.2) is 57.3 Å². The Kier molecular flexibility index (Phi) is 4.31. The third kappa shape index (κ3) is 2.35. The van der Waals surface area contributed by atoms with Crippen LogP contribution in [0.5, 0.6) is 0 Å². The topological polar surface area (TPSA) is 110 Å². The number of aliphatic hydroxyl groups excluding tert-OH is 3. The van der Waals surface area contributed by atoms with Crippen LogP contribution in [0.2, 0.25) is 0 Å². The summed E-state index contributed by atoms with van der Waals surface area (Å²) in [4.78, 5) is 14.7. The number of aldehydes is 1. The van der Waals surface area contributed by atoms with Crippen LogP contribution >= 0.6 is 0 Å². The molecule has 0 bridgehead atoms. The molecular weight excluding hydrogens is 214 g/mol. The lowest BCUT2D eigenvalue weighted by molar-refractivity contribution is -0.162. The van der Waals surface area contributed by atoms with Crippen LogP contribution in [0.4, 0.5) is 0 Å². The van der Waals surface area contributed by atoms with E-state index in [1.54, 1.807) is 0 Å². The van der Waals surface area contributed by atoms with Gasteiger partial charge < -0.3 is 25.2 Å². The summed E-state index contributed by atoms with van der Waals surface area (Å²) < 4.78 is 0. The van der Waals surface area contributed by atoms with E-state index < -0.39 is 30.3 Å². The molecule has 0 amide bonds. The zero-order valence-corrected chi connectivity index (χ0v) is 8.60. The highest BCUT2D eigenvalue weighted by Gasteiger charge is 2.45. The molecule has 1 aliphatic heterocycles. The molecule has 0 saturated heterocycles. The molecule has 0 saturated carbocycles. The fourth-order valence-electron chi connectivity index (χ4n) is 1.59. The van der Waals surface area contributed by atoms with E-state index in [1.165, 1.54) is 18.5 Å². The standard InChI is InChI=1S/C10H15NO5/c12-5-8(14)9(15)10(16,6-13)7-1-3-11-4-2-7/h1,3-4,6-9,12,14-16H,2,5H2/t7?,8-,9-,10-/m1/s1. The second-order valence-electron chi connectivity index (χ2n) is 3.72. The van der Waals surface area contributed by atoms with E-state index in [0.717, 1.165) is 0 Å². The van der Waals surface area contributed by atoms with Gasteiger partial charge in [0.1, 0.15) is 12.2 Å². The molecule has 1 unspecified atom stereocenters. The van der Waals surface area contributed by atoms with Crippen molar-refractivity contribution in [2.45, 2.75) is 24.2 Å². The Bertz CT molecular complexity index is 304. The fraction of sp³-hybridized carbons (Fsp3) is 0.600. The van der Waals surface area contributed by atoms with E-state index in [9.17, 15) is 20.1 Å². The van der Waals surface area contributed by atoms with E-state index >= 15 is 0 Å². The van der Waals surface area contributed by atoms with E-state index in [1.807, 2.05) is 0 Å². The number of nitrogens with zero attached hydrogens (tertiary/aromatic N) is 1. The molecule has 4 atom stereocenters. The summed E-state index contributed by atoms with van der Waals surface area (Å²) in [5, 5.41) is 37.6. The molecule has 1 heterocycles. The van der Waals surface area contributed by atoms with Gasteiger partial charge in [0.05, 0.1) is 6.61 Å². The molecule has 0 aromatic heterocycles. The summed E-state index contributed by atoms with van der Waals surface area (Å²) in [6.07, 6.45) is 1.53. The molecule has 6 heteroatoms. The van der Waals surface area contributed by atoms with Crippen molar-refractivity contribution >= 4 is 12.5 Å². The van der Waals surface area contributed by atoms with Crippen molar-refractivity contribution < 1.29 is 25.2 Å². The third-order valence-corrected chi connectivity index (χ3v) is 2.68. The maximum absolute atomic E-state index is 10.9. The molecule has 16 heavy (non-hydrogen) atoms. The number of rotatable bonds is 5. The van der Waals surface area contributed by atoms with Crippen LogP contribution in [0.3, 0.4) is 0 Å². The number of hydrogen-bond acceptors (Lipinski definition) is 6. The summed E-state index contributed by atoms with van der Waals surface area (Å²) in [7, 11) is 0. The molecule has 0 aromatic carbocycles. The van der Waals surface area contributed by atoms with Crippen molar-refractivity contribution in [1.82, 2.24) is 0 Å². The maximum atomic E-state index is 10.9. The molecule has 1 rings (SSSR count). The molecule has 90 valence electrons. The molecule has 0 fully saturated rings. The van der Waals surface area contributed by atoms with E-state index in [4.69, 9.17) is 5.11 Å². The minimum absolute atomic E-state index is 0.185. The number of carbonyl (C=O) groups excluding carboxylic acids is 1. The molecule has 0 spiro atoms. The smallest absolute Gasteiger partial charge is 0.154 e. The minimum atomic E-state index is -2.12. The van der Waals surface area contributed by atoms with Gasteiger partial charge in [0.15, 0.2) is 11.9 Å². The van der Waals surface area contributed by atoms with Crippen LogP contribution in [0.1, 0.15) is 6.42 Å². The molecule has 1 aliphatic rings. The van der Waals surface area contributed by atoms with Crippen molar-refractivity contribution in [2.24, 2.45) is 10.9 Å². The van der Waals surface area contributed by atoms with Crippen molar-refractivity contribution in [3.05, 3.63) is 12.3 Å². The van der Waals surface area contributed by atoms with Gasteiger partial charge in [0.2, 0.25) is 0 Å². The normalized spacial score (nSPS) is 27.1. The number of aliphatic imine (C=N–C) groups is 1. The van der Waals surface area contributed by atoms with Gasteiger partial charge in [0, 0.05) is 18.3 Å². The second-order valence-corrected chi connectivity index (χ2v) is 3.72. The van der Waals surface area contributed by atoms with Crippen molar-refractivity contribution in [2.75, 3.05) is 6.61 Å². The lowest BCUT2D eigenvalue weighted by Gasteiger charge is -2.35. The fourth-order valence-corrected chi connectivity index (χ4v) is 1.59. The predicted molar refractivity (Wildman–Crippen MR) is 55.9 cm³/mol. The Morgan fingerprint density at radius 2 is 2.25 bits per heavy atom. The number of carbonyl (C=O) groups is 1.